The van der Waals surface area contributed by atoms with Gasteiger partial charge < -0.3 is 19.3 Å². The summed E-state index contributed by atoms with van der Waals surface area (Å²) < 4.78 is 15.2. The van der Waals surface area contributed by atoms with E-state index in [2.05, 4.69) is 0 Å². The van der Waals surface area contributed by atoms with Gasteiger partial charge in [0.1, 0.15) is 0 Å². The minimum atomic E-state index is -0.411. The second-order valence-corrected chi connectivity index (χ2v) is 4.47. The van der Waals surface area contributed by atoms with Crippen LogP contribution in [0.2, 0.25) is 0 Å². The van der Waals surface area contributed by atoms with Gasteiger partial charge in [0.25, 0.3) is 0 Å². The number of ether oxygens (including phenoxy) is 3. The molecular weight excluding hydrogens is 216 g/mol. The first-order chi connectivity index (χ1) is 7.20. The Kier molecular flexibility index (Phi) is 10.8. The third-order valence-corrected chi connectivity index (χ3v) is 2.79. The summed E-state index contributed by atoms with van der Waals surface area (Å²) in [6, 6.07) is 0. The summed E-state index contributed by atoms with van der Waals surface area (Å²) in [7, 11) is 3.31. The van der Waals surface area contributed by atoms with E-state index in [1.54, 1.807) is 26.0 Å². The Labute approximate surface area is 96.3 Å². The standard InChI is InChI=1S/C10H22O4S/c1-9(6-13-3)14-7-10(11)8-15-5-4-12-2/h9-11H,4-8H2,1-3H3. The van der Waals surface area contributed by atoms with E-state index < -0.39 is 6.10 Å². The van der Waals surface area contributed by atoms with Crippen molar-refractivity contribution >= 4 is 11.8 Å². The highest BCUT2D eigenvalue weighted by Crippen LogP contribution is 2.04. The number of rotatable bonds is 10. The van der Waals surface area contributed by atoms with Gasteiger partial charge in [0.15, 0.2) is 0 Å². The maximum Gasteiger partial charge on any atom is 0.0863 e. The Balaban J connectivity index is 3.28. The van der Waals surface area contributed by atoms with Crippen LogP contribution in [0.5, 0.6) is 0 Å². The van der Waals surface area contributed by atoms with Crippen LogP contribution in [-0.4, -0.2) is 62.9 Å². The van der Waals surface area contributed by atoms with Crippen molar-refractivity contribution in [2.75, 3.05) is 45.5 Å². The molecule has 0 saturated heterocycles. The average Bonchev–Trinajstić information content (AvgIpc) is 2.22. The van der Waals surface area contributed by atoms with Crippen LogP contribution in [0.25, 0.3) is 0 Å². The molecule has 0 aromatic carbocycles. The Bertz CT molecular complexity index is 135. The molecule has 5 heteroatoms. The van der Waals surface area contributed by atoms with Crippen LogP contribution >= 0.6 is 11.8 Å². The van der Waals surface area contributed by atoms with Crippen LogP contribution in [0, 0.1) is 0 Å². The SMILES string of the molecule is COCCSCC(O)COC(C)COC. The van der Waals surface area contributed by atoms with E-state index in [1.165, 1.54) is 0 Å². The molecule has 4 nitrogen and oxygen atoms in total. The Morgan fingerprint density at radius 1 is 1.20 bits per heavy atom. The molecule has 2 unspecified atom stereocenters. The minimum absolute atomic E-state index is 0.0358. The molecule has 2 atom stereocenters. The van der Waals surface area contributed by atoms with Gasteiger partial charge in [-0.1, -0.05) is 0 Å². The van der Waals surface area contributed by atoms with Crippen LogP contribution in [0.1, 0.15) is 6.92 Å². The lowest BCUT2D eigenvalue weighted by Crippen LogP contribution is -2.24. The molecule has 0 aromatic rings. The Morgan fingerprint density at radius 3 is 2.53 bits per heavy atom. The number of hydrogen-bond acceptors (Lipinski definition) is 5. The minimum Gasteiger partial charge on any atom is -0.390 e. The molecule has 0 radical (unpaired) electrons. The fourth-order valence-corrected chi connectivity index (χ4v) is 1.79. The van der Waals surface area contributed by atoms with Crippen molar-refractivity contribution in [3.05, 3.63) is 0 Å². The van der Waals surface area contributed by atoms with Gasteiger partial charge in [0.2, 0.25) is 0 Å². The van der Waals surface area contributed by atoms with E-state index >= 15 is 0 Å². The normalized spacial score (nSPS) is 15.2. The smallest absolute Gasteiger partial charge is 0.0863 e. The fraction of sp³-hybridized carbons (Fsp3) is 1.00. The predicted molar refractivity (Wildman–Crippen MR) is 62.5 cm³/mol. The van der Waals surface area contributed by atoms with Crippen molar-refractivity contribution in [3.63, 3.8) is 0 Å². The number of hydrogen-bond donors (Lipinski definition) is 1. The first-order valence-electron chi connectivity index (χ1n) is 5.06. The molecule has 1 N–H and O–H groups in total. The fourth-order valence-electron chi connectivity index (χ4n) is 0.968. The van der Waals surface area contributed by atoms with Gasteiger partial charge in [0, 0.05) is 25.7 Å². The highest BCUT2D eigenvalue weighted by Gasteiger charge is 2.07. The molecular formula is C10H22O4S. The molecule has 92 valence electrons. The number of aliphatic hydroxyl groups is 1. The van der Waals surface area contributed by atoms with Gasteiger partial charge in [-0.25, -0.2) is 0 Å². The van der Waals surface area contributed by atoms with Crippen molar-refractivity contribution in [1.82, 2.24) is 0 Å². The molecule has 0 bridgehead atoms. The zero-order valence-corrected chi connectivity index (χ0v) is 10.6. The van der Waals surface area contributed by atoms with Gasteiger partial charge in [-0.15, -0.1) is 0 Å². The summed E-state index contributed by atoms with van der Waals surface area (Å²) >= 11 is 1.66. The molecule has 0 amide bonds. The van der Waals surface area contributed by atoms with Crippen LogP contribution in [0.15, 0.2) is 0 Å². The van der Waals surface area contributed by atoms with Crippen LogP contribution in [-0.2, 0) is 14.2 Å². The topological polar surface area (TPSA) is 47.9 Å². The summed E-state index contributed by atoms with van der Waals surface area (Å²) in [5.74, 6) is 1.59. The van der Waals surface area contributed by atoms with Gasteiger partial charge >= 0.3 is 0 Å². The third kappa shape index (κ3) is 10.5. The van der Waals surface area contributed by atoms with E-state index in [0.717, 1.165) is 12.4 Å². The first-order valence-corrected chi connectivity index (χ1v) is 6.21. The van der Waals surface area contributed by atoms with Gasteiger partial charge in [-0.05, 0) is 6.92 Å². The Morgan fingerprint density at radius 2 is 1.93 bits per heavy atom. The molecule has 0 aromatic heterocycles. The monoisotopic (exact) mass is 238 g/mol. The summed E-state index contributed by atoms with van der Waals surface area (Å²) in [4.78, 5) is 0. The maximum absolute atomic E-state index is 9.54. The molecule has 15 heavy (non-hydrogen) atoms. The van der Waals surface area contributed by atoms with E-state index in [9.17, 15) is 5.11 Å². The van der Waals surface area contributed by atoms with Crippen molar-refractivity contribution in [2.24, 2.45) is 0 Å². The second kappa shape index (κ2) is 10.7. The summed E-state index contributed by atoms with van der Waals surface area (Å²) in [5, 5.41) is 9.54. The number of methoxy groups -OCH3 is 2. The summed E-state index contributed by atoms with van der Waals surface area (Å²) in [5.41, 5.74) is 0. The predicted octanol–water partition coefficient (Wildman–Crippen LogP) is 0.778. The second-order valence-electron chi connectivity index (χ2n) is 3.32. The van der Waals surface area contributed by atoms with E-state index in [4.69, 9.17) is 14.2 Å². The van der Waals surface area contributed by atoms with E-state index in [-0.39, 0.29) is 6.10 Å². The molecule has 0 rings (SSSR count). The lowest BCUT2D eigenvalue weighted by Gasteiger charge is -2.15. The van der Waals surface area contributed by atoms with Gasteiger partial charge in [-0.3, -0.25) is 0 Å². The molecule has 0 aliphatic rings. The van der Waals surface area contributed by atoms with Crippen molar-refractivity contribution in [1.29, 1.82) is 0 Å². The third-order valence-electron chi connectivity index (χ3n) is 1.72. The molecule has 0 saturated carbocycles. The van der Waals surface area contributed by atoms with E-state index in [0.29, 0.717) is 19.0 Å². The van der Waals surface area contributed by atoms with Crippen LogP contribution in [0.4, 0.5) is 0 Å². The molecule has 0 aliphatic carbocycles. The lowest BCUT2D eigenvalue weighted by molar-refractivity contribution is -0.0257. The van der Waals surface area contributed by atoms with Gasteiger partial charge in [-0.2, -0.15) is 11.8 Å². The number of thioether (sulfide) groups is 1. The Hall–Kier alpha value is 0.190. The van der Waals surface area contributed by atoms with Crippen LogP contribution < -0.4 is 0 Å². The van der Waals surface area contributed by atoms with Gasteiger partial charge in [0.05, 0.1) is 32.0 Å². The highest BCUT2D eigenvalue weighted by atomic mass is 32.2. The zero-order valence-electron chi connectivity index (χ0n) is 9.77. The highest BCUT2D eigenvalue weighted by molar-refractivity contribution is 7.99. The van der Waals surface area contributed by atoms with Crippen molar-refractivity contribution < 1.29 is 19.3 Å². The molecule has 0 fully saturated rings. The maximum atomic E-state index is 9.54. The first kappa shape index (κ1) is 15.2. The summed E-state index contributed by atoms with van der Waals surface area (Å²) in [6.45, 7) is 3.57. The van der Waals surface area contributed by atoms with Crippen molar-refractivity contribution in [2.45, 2.75) is 19.1 Å². The van der Waals surface area contributed by atoms with Crippen LogP contribution in [0.3, 0.4) is 0 Å². The van der Waals surface area contributed by atoms with E-state index in [1.807, 2.05) is 6.92 Å². The lowest BCUT2D eigenvalue weighted by atomic mass is 10.4. The quantitative estimate of drug-likeness (QED) is 0.570. The molecule has 0 heterocycles. The molecule has 0 spiro atoms. The largest absolute Gasteiger partial charge is 0.390 e. The number of aliphatic hydroxyl groups excluding tert-OH is 1. The summed E-state index contributed by atoms with van der Waals surface area (Å²) in [6.07, 6.45) is -0.375. The molecule has 0 aliphatic heterocycles. The van der Waals surface area contributed by atoms with Crippen molar-refractivity contribution in [3.8, 4) is 0 Å². The average molecular weight is 238 g/mol. The zero-order chi connectivity index (χ0) is 11.5.